The molecule has 1 atom stereocenters. The molecule has 3 N–H and O–H groups in total. The van der Waals surface area contributed by atoms with Crippen LogP contribution >= 0.6 is 11.3 Å². The van der Waals surface area contributed by atoms with E-state index in [2.05, 4.69) is 10.3 Å². The van der Waals surface area contributed by atoms with E-state index in [1.54, 1.807) is 17.5 Å². The van der Waals surface area contributed by atoms with Gasteiger partial charge in [-0.2, -0.15) is 0 Å². The number of carbonyl (C=O) groups is 1. The van der Waals surface area contributed by atoms with Gasteiger partial charge in [-0.25, -0.2) is 4.98 Å². The van der Waals surface area contributed by atoms with Gasteiger partial charge in [0.15, 0.2) is 5.13 Å². The zero-order valence-corrected chi connectivity index (χ0v) is 9.38. The highest BCUT2D eigenvalue weighted by Crippen LogP contribution is 2.26. The number of nitrogens with one attached hydrogen (secondary N) is 1. The van der Waals surface area contributed by atoms with E-state index in [9.17, 15) is 4.79 Å². The molecule has 15 heavy (non-hydrogen) atoms. The summed E-state index contributed by atoms with van der Waals surface area (Å²) in [4.78, 5) is 18.5. The molecule has 1 saturated heterocycles. The Morgan fingerprint density at radius 2 is 2.53 bits per heavy atom. The molecule has 2 rings (SSSR count). The molecule has 0 bridgehead atoms. The van der Waals surface area contributed by atoms with Gasteiger partial charge in [0, 0.05) is 30.2 Å². The minimum absolute atomic E-state index is 0.00914. The van der Waals surface area contributed by atoms with Gasteiger partial charge in [0.25, 0.3) is 0 Å². The Morgan fingerprint density at radius 1 is 1.73 bits per heavy atom. The summed E-state index contributed by atoms with van der Waals surface area (Å²) in [6.07, 6.45) is 1.79. The predicted octanol–water partition coefficient (Wildman–Crippen LogP) is 0.0990. The molecule has 1 aromatic heterocycles. The topological polar surface area (TPSA) is 71.2 Å². The molecule has 82 valence electrons. The summed E-state index contributed by atoms with van der Waals surface area (Å²) in [6, 6.07) is 0.00914. The number of hydrogen-bond donors (Lipinski definition) is 2. The molecule has 0 radical (unpaired) electrons. The Hall–Kier alpha value is -1.14. The van der Waals surface area contributed by atoms with Crippen molar-refractivity contribution in [3.8, 4) is 0 Å². The van der Waals surface area contributed by atoms with Crippen molar-refractivity contribution in [3.05, 3.63) is 11.1 Å². The number of hydrogen-bond acceptors (Lipinski definition) is 5. The lowest BCUT2D eigenvalue weighted by atomic mass is 10.3. The second-order valence-corrected chi connectivity index (χ2v) is 4.65. The van der Waals surface area contributed by atoms with Gasteiger partial charge in [-0.05, 0) is 6.92 Å². The molecule has 1 aromatic rings. The first-order valence-corrected chi connectivity index (χ1v) is 5.71. The summed E-state index contributed by atoms with van der Waals surface area (Å²) in [7, 11) is 0. The minimum atomic E-state index is 0.00914. The molecule has 1 unspecified atom stereocenters. The largest absolute Gasteiger partial charge is 0.353 e. The van der Waals surface area contributed by atoms with Gasteiger partial charge >= 0.3 is 0 Å². The van der Waals surface area contributed by atoms with Crippen LogP contribution in [-0.2, 0) is 4.79 Å². The highest BCUT2D eigenvalue weighted by Gasteiger charge is 2.19. The fraction of sp³-hybridized carbons (Fsp3) is 0.556. The number of rotatable bonds is 2. The van der Waals surface area contributed by atoms with Crippen molar-refractivity contribution in [2.45, 2.75) is 13.0 Å². The van der Waals surface area contributed by atoms with Crippen molar-refractivity contribution in [3.63, 3.8) is 0 Å². The van der Waals surface area contributed by atoms with Crippen LogP contribution in [0.2, 0.25) is 0 Å². The maximum Gasteiger partial charge on any atom is 0.239 e. The number of anilines is 1. The zero-order chi connectivity index (χ0) is 10.8. The quantitative estimate of drug-likeness (QED) is 0.750. The highest BCUT2D eigenvalue weighted by atomic mass is 32.1. The third-order valence-corrected chi connectivity index (χ3v) is 3.53. The lowest BCUT2D eigenvalue weighted by Crippen LogP contribution is -2.47. The summed E-state index contributed by atoms with van der Waals surface area (Å²) in [6.45, 7) is 3.83. The van der Waals surface area contributed by atoms with E-state index >= 15 is 0 Å². The van der Waals surface area contributed by atoms with Crippen LogP contribution in [0.3, 0.4) is 0 Å². The Balaban J connectivity index is 2.11. The van der Waals surface area contributed by atoms with Crippen LogP contribution < -0.4 is 16.0 Å². The first-order chi connectivity index (χ1) is 7.16. The van der Waals surface area contributed by atoms with E-state index in [1.165, 1.54) is 0 Å². The van der Waals surface area contributed by atoms with E-state index in [0.29, 0.717) is 13.1 Å². The fourth-order valence-electron chi connectivity index (χ4n) is 1.44. The molecular formula is C9H14N4OS. The standard InChI is InChI=1S/C9H14N4OS/c1-6(10)7-4-12-9(15-7)13-3-2-11-8(14)5-13/h4,6H,2-3,5,10H2,1H3,(H,11,14). The van der Waals surface area contributed by atoms with Crippen LogP contribution in [0, 0.1) is 0 Å². The summed E-state index contributed by atoms with van der Waals surface area (Å²) >= 11 is 1.56. The molecule has 6 heteroatoms. The molecule has 1 amide bonds. The number of amides is 1. The van der Waals surface area contributed by atoms with Gasteiger partial charge in [-0.3, -0.25) is 4.79 Å². The van der Waals surface area contributed by atoms with Crippen LogP contribution in [0.4, 0.5) is 5.13 Å². The van der Waals surface area contributed by atoms with Gasteiger partial charge in [0.2, 0.25) is 5.91 Å². The number of aromatic nitrogens is 1. The zero-order valence-electron chi connectivity index (χ0n) is 8.56. The Bertz CT molecular complexity index is 363. The Kier molecular flexibility index (Phi) is 2.88. The summed E-state index contributed by atoms with van der Waals surface area (Å²) < 4.78 is 0. The van der Waals surface area contributed by atoms with Crippen molar-refractivity contribution >= 4 is 22.4 Å². The number of nitrogens with zero attached hydrogens (tertiary/aromatic N) is 2. The number of carbonyl (C=O) groups excluding carboxylic acids is 1. The minimum Gasteiger partial charge on any atom is -0.353 e. The Labute approximate surface area is 92.3 Å². The van der Waals surface area contributed by atoms with E-state index in [4.69, 9.17) is 5.73 Å². The molecular weight excluding hydrogens is 212 g/mol. The molecule has 2 heterocycles. The first kappa shape index (κ1) is 10.4. The average molecular weight is 226 g/mol. The number of piperazine rings is 1. The van der Waals surface area contributed by atoms with Gasteiger partial charge < -0.3 is 16.0 Å². The first-order valence-electron chi connectivity index (χ1n) is 4.90. The van der Waals surface area contributed by atoms with Crippen LogP contribution in [0.25, 0.3) is 0 Å². The molecule has 1 fully saturated rings. The lowest BCUT2D eigenvalue weighted by molar-refractivity contribution is -0.120. The molecule has 0 saturated carbocycles. The third-order valence-electron chi connectivity index (χ3n) is 2.27. The van der Waals surface area contributed by atoms with Gasteiger partial charge in [0.1, 0.15) is 0 Å². The maximum atomic E-state index is 11.2. The van der Waals surface area contributed by atoms with E-state index in [-0.39, 0.29) is 11.9 Å². The molecule has 1 aliphatic heterocycles. The Morgan fingerprint density at radius 3 is 3.13 bits per heavy atom. The van der Waals surface area contributed by atoms with Crippen molar-refractivity contribution in [1.82, 2.24) is 10.3 Å². The fourth-order valence-corrected chi connectivity index (χ4v) is 2.33. The normalized spacial score (nSPS) is 18.8. The van der Waals surface area contributed by atoms with Crippen LogP contribution in [-0.4, -0.2) is 30.5 Å². The van der Waals surface area contributed by atoms with Crippen molar-refractivity contribution in [2.75, 3.05) is 24.5 Å². The van der Waals surface area contributed by atoms with Crippen LogP contribution in [0.1, 0.15) is 17.8 Å². The average Bonchev–Trinajstić information content (AvgIpc) is 2.66. The van der Waals surface area contributed by atoms with Crippen LogP contribution in [0.15, 0.2) is 6.20 Å². The monoisotopic (exact) mass is 226 g/mol. The van der Waals surface area contributed by atoms with Crippen molar-refractivity contribution < 1.29 is 4.79 Å². The summed E-state index contributed by atoms with van der Waals surface area (Å²) in [5.74, 6) is 0.0544. The SMILES string of the molecule is CC(N)c1cnc(N2CCNC(=O)C2)s1. The molecule has 0 spiro atoms. The molecule has 1 aliphatic rings. The third kappa shape index (κ3) is 2.27. The molecule has 0 aromatic carbocycles. The van der Waals surface area contributed by atoms with Gasteiger partial charge in [-0.15, -0.1) is 11.3 Å². The van der Waals surface area contributed by atoms with E-state index in [0.717, 1.165) is 16.6 Å². The highest BCUT2D eigenvalue weighted by molar-refractivity contribution is 7.15. The second kappa shape index (κ2) is 4.16. The lowest BCUT2D eigenvalue weighted by Gasteiger charge is -2.25. The van der Waals surface area contributed by atoms with Crippen LogP contribution in [0.5, 0.6) is 0 Å². The van der Waals surface area contributed by atoms with Crippen molar-refractivity contribution in [2.24, 2.45) is 5.73 Å². The summed E-state index contributed by atoms with van der Waals surface area (Å²) in [5.41, 5.74) is 5.76. The molecule has 5 nitrogen and oxygen atoms in total. The van der Waals surface area contributed by atoms with Gasteiger partial charge in [-0.1, -0.05) is 0 Å². The van der Waals surface area contributed by atoms with Crippen molar-refractivity contribution in [1.29, 1.82) is 0 Å². The molecule has 0 aliphatic carbocycles. The maximum absolute atomic E-state index is 11.2. The number of thiazole rings is 1. The smallest absolute Gasteiger partial charge is 0.239 e. The summed E-state index contributed by atoms with van der Waals surface area (Å²) in [5, 5.41) is 3.67. The van der Waals surface area contributed by atoms with Gasteiger partial charge in [0.05, 0.1) is 6.54 Å². The van der Waals surface area contributed by atoms with E-state index in [1.807, 2.05) is 11.8 Å². The number of nitrogens with two attached hydrogens (primary N) is 1. The second-order valence-electron chi connectivity index (χ2n) is 3.61. The predicted molar refractivity (Wildman–Crippen MR) is 59.9 cm³/mol. The van der Waals surface area contributed by atoms with E-state index < -0.39 is 0 Å².